The molecule has 0 spiro atoms. The largest absolute Gasteiger partial charge is 0.223 e. The Morgan fingerprint density at radius 3 is 2.11 bits per heavy atom. The Balaban J connectivity index is 2.33. The third-order valence-corrected chi connectivity index (χ3v) is 4.95. The summed E-state index contributed by atoms with van der Waals surface area (Å²) >= 11 is 3.12. The van der Waals surface area contributed by atoms with Gasteiger partial charge in [-0.3, -0.25) is 0 Å². The summed E-state index contributed by atoms with van der Waals surface area (Å²) < 4.78 is 50.3. The van der Waals surface area contributed by atoms with Gasteiger partial charge in [-0.05, 0) is 42.0 Å². The van der Waals surface area contributed by atoms with Crippen LogP contribution in [0.2, 0.25) is 0 Å². The summed E-state index contributed by atoms with van der Waals surface area (Å²) in [7, 11) is -3.58. The van der Waals surface area contributed by atoms with Gasteiger partial charge in [0.25, 0.3) is 0 Å². The van der Waals surface area contributed by atoms with E-state index in [4.69, 9.17) is 0 Å². The second-order valence-electron chi connectivity index (χ2n) is 3.95. The van der Waals surface area contributed by atoms with E-state index in [9.17, 15) is 17.2 Å². The number of hydrogen-bond donors (Lipinski definition) is 0. The molecule has 0 saturated carbocycles. The van der Waals surface area contributed by atoms with Crippen molar-refractivity contribution in [1.29, 1.82) is 0 Å². The Labute approximate surface area is 118 Å². The van der Waals surface area contributed by atoms with Gasteiger partial charge in [0.2, 0.25) is 0 Å². The Morgan fingerprint density at radius 1 is 0.947 bits per heavy atom. The topological polar surface area (TPSA) is 34.1 Å². The van der Waals surface area contributed by atoms with Crippen molar-refractivity contribution in [1.82, 2.24) is 0 Å². The molecular weight excluding hydrogens is 338 g/mol. The highest BCUT2D eigenvalue weighted by Gasteiger charge is 2.17. The first-order valence-corrected chi connectivity index (χ1v) is 7.75. The van der Waals surface area contributed by atoms with Gasteiger partial charge in [0.15, 0.2) is 9.84 Å². The van der Waals surface area contributed by atoms with Gasteiger partial charge in [-0.15, -0.1) is 0 Å². The molecule has 0 saturated heterocycles. The van der Waals surface area contributed by atoms with Gasteiger partial charge in [0.05, 0.1) is 10.6 Å². The van der Waals surface area contributed by atoms with E-state index >= 15 is 0 Å². The van der Waals surface area contributed by atoms with Gasteiger partial charge in [-0.1, -0.05) is 22.0 Å². The fraction of sp³-hybridized carbons (Fsp3) is 0.0769. The third kappa shape index (κ3) is 3.39. The molecule has 2 aromatic carbocycles. The van der Waals surface area contributed by atoms with Crippen LogP contribution in [0.1, 0.15) is 5.56 Å². The molecule has 0 aliphatic heterocycles. The SMILES string of the molecule is O=S(=O)(Cc1ccc(F)cc1Br)c1ccc(F)cc1. The van der Waals surface area contributed by atoms with Crippen molar-refractivity contribution in [2.75, 3.05) is 0 Å². The Morgan fingerprint density at radius 2 is 1.53 bits per heavy atom. The second kappa shape index (κ2) is 5.38. The van der Waals surface area contributed by atoms with Crippen molar-refractivity contribution >= 4 is 25.8 Å². The minimum absolute atomic E-state index is 0.0325. The molecule has 0 N–H and O–H groups in total. The van der Waals surface area contributed by atoms with Crippen LogP contribution in [-0.4, -0.2) is 8.42 Å². The molecule has 0 amide bonds. The third-order valence-electron chi connectivity index (χ3n) is 2.53. The smallest absolute Gasteiger partial charge is 0.182 e. The molecule has 0 aliphatic rings. The Hall–Kier alpha value is -1.27. The van der Waals surface area contributed by atoms with E-state index < -0.39 is 21.5 Å². The van der Waals surface area contributed by atoms with Crippen molar-refractivity contribution < 1.29 is 17.2 Å². The molecule has 0 unspecified atom stereocenters. The molecule has 0 atom stereocenters. The normalized spacial score (nSPS) is 11.5. The Bertz CT molecular complexity index is 697. The van der Waals surface area contributed by atoms with E-state index in [1.807, 2.05) is 0 Å². The fourth-order valence-electron chi connectivity index (χ4n) is 1.57. The van der Waals surface area contributed by atoms with Crippen LogP contribution in [0.15, 0.2) is 51.8 Å². The molecule has 0 bridgehead atoms. The number of benzene rings is 2. The summed E-state index contributed by atoms with van der Waals surface area (Å²) in [5.41, 5.74) is 0.450. The van der Waals surface area contributed by atoms with Crippen LogP contribution in [0.4, 0.5) is 8.78 Å². The van der Waals surface area contributed by atoms with E-state index in [2.05, 4.69) is 15.9 Å². The van der Waals surface area contributed by atoms with Crippen LogP contribution in [-0.2, 0) is 15.6 Å². The summed E-state index contributed by atoms with van der Waals surface area (Å²) in [4.78, 5) is 0.0325. The van der Waals surface area contributed by atoms with Crippen LogP contribution in [0.5, 0.6) is 0 Å². The highest BCUT2D eigenvalue weighted by molar-refractivity contribution is 9.10. The molecule has 2 nitrogen and oxygen atoms in total. The average molecular weight is 347 g/mol. The van der Waals surface area contributed by atoms with Gasteiger partial charge in [-0.2, -0.15) is 0 Å². The van der Waals surface area contributed by atoms with E-state index in [0.717, 1.165) is 12.1 Å². The first kappa shape index (κ1) is 14.1. The van der Waals surface area contributed by atoms with Crippen LogP contribution in [0.3, 0.4) is 0 Å². The van der Waals surface area contributed by atoms with Crippen molar-refractivity contribution in [3.63, 3.8) is 0 Å². The van der Waals surface area contributed by atoms with Crippen LogP contribution in [0.25, 0.3) is 0 Å². The van der Waals surface area contributed by atoms with E-state index in [1.54, 1.807) is 0 Å². The number of hydrogen-bond acceptors (Lipinski definition) is 2. The maximum atomic E-state index is 12.9. The lowest BCUT2D eigenvalue weighted by Gasteiger charge is -2.06. The molecule has 0 fully saturated rings. The van der Waals surface area contributed by atoms with E-state index in [-0.39, 0.29) is 10.6 Å². The molecule has 0 heterocycles. The predicted molar refractivity (Wildman–Crippen MR) is 71.4 cm³/mol. The molecule has 19 heavy (non-hydrogen) atoms. The minimum Gasteiger partial charge on any atom is -0.223 e. The van der Waals surface area contributed by atoms with E-state index in [0.29, 0.717) is 10.0 Å². The lowest BCUT2D eigenvalue weighted by atomic mass is 10.2. The van der Waals surface area contributed by atoms with Crippen molar-refractivity contribution in [3.8, 4) is 0 Å². The second-order valence-corrected chi connectivity index (χ2v) is 6.79. The molecule has 2 aromatic rings. The zero-order valence-corrected chi connectivity index (χ0v) is 12.0. The van der Waals surface area contributed by atoms with Gasteiger partial charge < -0.3 is 0 Å². The highest BCUT2D eigenvalue weighted by Crippen LogP contribution is 2.23. The van der Waals surface area contributed by atoms with Gasteiger partial charge in [0, 0.05) is 4.47 Å². The standard InChI is InChI=1S/C13H9BrF2O2S/c14-13-7-11(16)2-1-9(13)8-19(17,18)12-5-3-10(15)4-6-12/h1-7H,8H2. The lowest BCUT2D eigenvalue weighted by Crippen LogP contribution is -2.05. The minimum atomic E-state index is -3.58. The first-order chi connectivity index (χ1) is 8.88. The molecule has 0 aromatic heterocycles. The number of sulfone groups is 1. The van der Waals surface area contributed by atoms with Crippen LogP contribution in [0, 0.1) is 11.6 Å². The molecule has 0 aliphatic carbocycles. The molecule has 2 rings (SSSR count). The summed E-state index contributed by atoms with van der Waals surface area (Å²) in [5, 5.41) is 0. The lowest BCUT2D eigenvalue weighted by molar-refractivity contribution is 0.593. The quantitative estimate of drug-likeness (QED) is 0.794. The zero-order chi connectivity index (χ0) is 14.0. The Kier molecular flexibility index (Phi) is 4.01. The summed E-state index contributed by atoms with van der Waals surface area (Å²) in [5.74, 6) is -1.23. The fourth-order valence-corrected chi connectivity index (χ4v) is 3.62. The zero-order valence-electron chi connectivity index (χ0n) is 9.61. The summed E-state index contributed by atoms with van der Waals surface area (Å²) in [6.45, 7) is 0. The molecular formula is C13H9BrF2O2S. The maximum Gasteiger partial charge on any atom is 0.182 e. The molecule has 0 radical (unpaired) electrons. The monoisotopic (exact) mass is 346 g/mol. The predicted octanol–water partition coefficient (Wildman–Crippen LogP) is 3.70. The van der Waals surface area contributed by atoms with E-state index in [1.165, 1.54) is 30.3 Å². The first-order valence-electron chi connectivity index (χ1n) is 5.31. The van der Waals surface area contributed by atoms with Gasteiger partial charge in [0.1, 0.15) is 11.6 Å². The van der Waals surface area contributed by atoms with Gasteiger partial charge >= 0.3 is 0 Å². The van der Waals surface area contributed by atoms with Crippen LogP contribution >= 0.6 is 15.9 Å². The summed E-state index contributed by atoms with van der Waals surface area (Å²) in [6.07, 6.45) is 0. The van der Waals surface area contributed by atoms with Crippen LogP contribution < -0.4 is 0 Å². The average Bonchev–Trinajstić information content (AvgIpc) is 2.33. The molecule has 6 heteroatoms. The summed E-state index contributed by atoms with van der Waals surface area (Å²) in [6, 6.07) is 8.40. The van der Waals surface area contributed by atoms with Crippen molar-refractivity contribution in [3.05, 3.63) is 64.1 Å². The van der Waals surface area contributed by atoms with Crippen molar-refractivity contribution in [2.24, 2.45) is 0 Å². The molecule has 100 valence electrons. The maximum absolute atomic E-state index is 12.9. The van der Waals surface area contributed by atoms with Crippen molar-refractivity contribution in [2.45, 2.75) is 10.6 Å². The number of halogens is 3. The van der Waals surface area contributed by atoms with Gasteiger partial charge in [-0.25, -0.2) is 17.2 Å². The highest BCUT2D eigenvalue weighted by atomic mass is 79.9. The number of rotatable bonds is 3.